The molecule has 0 saturated heterocycles. The van der Waals surface area contributed by atoms with Gasteiger partial charge in [-0.25, -0.2) is 9.78 Å². The molecule has 0 fully saturated rings. The van der Waals surface area contributed by atoms with Crippen LogP contribution in [0.2, 0.25) is 0 Å². The van der Waals surface area contributed by atoms with Crippen LogP contribution in [0.15, 0.2) is 37.3 Å². The number of halogens is 1. The van der Waals surface area contributed by atoms with Gasteiger partial charge in [-0.2, -0.15) is 0 Å². The number of carbonyl (C=O) groups is 1. The van der Waals surface area contributed by atoms with E-state index in [-0.39, 0.29) is 5.56 Å². The molecule has 0 aliphatic carbocycles. The van der Waals surface area contributed by atoms with Crippen molar-refractivity contribution in [3.05, 3.63) is 39.3 Å². The Balaban J connectivity index is 2.39. The predicted molar refractivity (Wildman–Crippen MR) is 72.1 cm³/mol. The Morgan fingerprint density at radius 2 is 2.29 bits per heavy atom. The van der Waals surface area contributed by atoms with Gasteiger partial charge in [0.15, 0.2) is 4.34 Å². The number of nitrogens with zero attached hydrogens (tertiary/aromatic N) is 1. The molecule has 2 rings (SSSR count). The Labute approximate surface area is 115 Å². The Hall–Kier alpha value is -0.850. The maximum Gasteiger partial charge on any atom is 0.338 e. The summed E-state index contributed by atoms with van der Waals surface area (Å²) in [5, 5.41) is 11.1. The van der Waals surface area contributed by atoms with Crippen molar-refractivity contribution in [2.24, 2.45) is 0 Å². The monoisotopic (exact) mass is 329 g/mol. The molecule has 88 valence electrons. The predicted octanol–water partition coefficient (Wildman–Crippen LogP) is 4.06. The number of thiazole rings is 1. The van der Waals surface area contributed by atoms with Crippen LogP contribution in [0.4, 0.5) is 0 Å². The summed E-state index contributed by atoms with van der Waals surface area (Å²) in [5.41, 5.74) is 1.23. The molecule has 1 N–H and O–H groups in total. The zero-order valence-electron chi connectivity index (χ0n) is 8.81. The van der Waals surface area contributed by atoms with E-state index in [1.54, 1.807) is 12.1 Å². The molecule has 0 atom stereocenters. The van der Waals surface area contributed by atoms with Crippen LogP contribution in [-0.4, -0.2) is 16.1 Å². The van der Waals surface area contributed by atoms with Crippen molar-refractivity contribution in [3.8, 4) is 0 Å². The third kappa shape index (κ3) is 2.88. The van der Waals surface area contributed by atoms with Gasteiger partial charge in [0.05, 0.1) is 5.56 Å². The lowest BCUT2D eigenvalue weighted by atomic mass is 10.2. The van der Waals surface area contributed by atoms with Crippen LogP contribution in [0.25, 0.3) is 0 Å². The van der Waals surface area contributed by atoms with E-state index in [1.807, 2.05) is 18.4 Å². The van der Waals surface area contributed by atoms with Gasteiger partial charge < -0.3 is 5.11 Å². The molecular weight excluding hydrogens is 322 g/mol. The summed E-state index contributed by atoms with van der Waals surface area (Å²) >= 11 is 6.14. The molecule has 0 amide bonds. The van der Waals surface area contributed by atoms with E-state index in [0.29, 0.717) is 9.37 Å². The number of aromatic carboxylic acids is 1. The van der Waals surface area contributed by atoms with Crippen LogP contribution >= 0.6 is 39.0 Å². The highest BCUT2D eigenvalue weighted by molar-refractivity contribution is 9.10. The van der Waals surface area contributed by atoms with E-state index in [2.05, 4.69) is 20.9 Å². The average Bonchev–Trinajstić information content (AvgIpc) is 2.63. The maximum absolute atomic E-state index is 11.2. The van der Waals surface area contributed by atoms with E-state index in [0.717, 1.165) is 10.0 Å². The molecule has 0 bridgehead atoms. The molecule has 0 aliphatic heterocycles. The van der Waals surface area contributed by atoms with Gasteiger partial charge in [0.2, 0.25) is 0 Å². The van der Waals surface area contributed by atoms with Crippen molar-refractivity contribution in [1.29, 1.82) is 0 Å². The minimum Gasteiger partial charge on any atom is -0.478 e. The van der Waals surface area contributed by atoms with Gasteiger partial charge >= 0.3 is 5.97 Å². The fourth-order valence-corrected chi connectivity index (χ4v) is 3.89. The average molecular weight is 330 g/mol. The van der Waals surface area contributed by atoms with Gasteiger partial charge in [-0.05, 0) is 35.0 Å². The van der Waals surface area contributed by atoms with Crippen LogP contribution in [0.3, 0.4) is 0 Å². The van der Waals surface area contributed by atoms with Crippen molar-refractivity contribution in [2.75, 3.05) is 0 Å². The van der Waals surface area contributed by atoms with E-state index >= 15 is 0 Å². The number of aryl methyl sites for hydroxylation is 1. The van der Waals surface area contributed by atoms with Crippen LogP contribution in [0.1, 0.15) is 16.1 Å². The number of hydrogen-bond acceptors (Lipinski definition) is 4. The van der Waals surface area contributed by atoms with Gasteiger partial charge in [0, 0.05) is 20.4 Å². The molecule has 2 aromatic rings. The quantitative estimate of drug-likeness (QED) is 0.922. The van der Waals surface area contributed by atoms with Gasteiger partial charge in [0.1, 0.15) is 0 Å². The first-order valence-corrected chi connectivity index (χ1v) is 7.18. The largest absolute Gasteiger partial charge is 0.478 e. The lowest BCUT2D eigenvalue weighted by molar-refractivity contribution is 0.0692. The molecule has 1 heterocycles. The number of hydrogen-bond donors (Lipinski definition) is 1. The Morgan fingerprint density at radius 3 is 2.88 bits per heavy atom. The van der Waals surface area contributed by atoms with Crippen molar-refractivity contribution in [3.63, 3.8) is 0 Å². The van der Waals surface area contributed by atoms with Crippen molar-refractivity contribution in [1.82, 2.24) is 4.98 Å². The third-order valence-electron chi connectivity index (χ3n) is 1.98. The van der Waals surface area contributed by atoms with Gasteiger partial charge in [0.25, 0.3) is 0 Å². The fourth-order valence-electron chi connectivity index (χ4n) is 1.27. The molecule has 1 aromatic carbocycles. The van der Waals surface area contributed by atoms with Crippen molar-refractivity contribution in [2.45, 2.75) is 16.2 Å². The SMILES string of the molecule is Cc1csc(Sc2cccc(Br)c2C(=O)O)n1. The van der Waals surface area contributed by atoms with Crippen LogP contribution in [0, 0.1) is 6.92 Å². The number of carboxylic acid groups (broad SMARTS) is 1. The highest BCUT2D eigenvalue weighted by atomic mass is 79.9. The first-order chi connectivity index (χ1) is 8.08. The molecule has 0 spiro atoms. The molecule has 0 aliphatic rings. The number of carboxylic acids is 1. The van der Waals surface area contributed by atoms with Crippen molar-refractivity contribution < 1.29 is 9.90 Å². The lowest BCUT2D eigenvalue weighted by Gasteiger charge is -2.05. The molecule has 0 unspecified atom stereocenters. The van der Waals surface area contributed by atoms with E-state index in [9.17, 15) is 4.79 Å². The number of benzene rings is 1. The molecule has 0 radical (unpaired) electrons. The third-order valence-corrected chi connectivity index (χ3v) is 4.76. The summed E-state index contributed by atoms with van der Waals surface area (Å²) in [5.74, 6) is -0.937. The summed E-state index contributed by atoms with van der Waals surface area (Å²) in [7, 11) is 0. The standard InChI is InChI=1S/C11H8BrNO2S2/c1-6-5-16-11(13-6)17-8-4-2-3-7(12)9(8)10(14)15/h2-5H,1H3,(H,14,15). The van der Waals surface area contributed by atoms with Gasteiger partial charge in [-0.1, -0.05) is 17.8 Å². The number of aromatic nitrogens is 1. The maximum atomic E-state index is 11.2. The van der Waals surface area contributed by atoms with E-state index in [1.165, 1.54) is 23.1 Å². The van der Waals surface area contributed by atoms with Gasteiger partial charge in [-0.15, -0.1) is 11.3 Å². The second kappa shape index (κ2) is 5.20. The van der Waals surface area contributed by atoms with Crippen LogP contribution < -0.4 is 0 Å². The zero-order chi connectivity index (χ0) is 12.4. The van der Waals surface area contributed by atoms with E-state index in [4.69, 9.17) is 5.11 Å². The molecular formula is C11H8BrNO2S2. The molecule has 0 saturated carbocycles. The van der Waals surface area contributed by atoms with Gasteiger partial charge in [-0.3, -0.25) is 0 Å². The minimum atomic E-state index is -0.937. The normalized spacial score (nSPS) is 10.5. The summed E-state index contributed by atoms with van der Waals surface area (Å²) in [6.07, 6.45) is 0. The summed E-state index contributed by atoms with van der Waals surface area (Å²) < 4.78 is 1.44. The topological polar surface area (TPSA) is 50.2 Å². The lowest BCUT2D eigenvalue weighted by Crippen LogP contribution is -1.99. The molecule has 1 aromatic heterocycles. The van der Waals surface area contributed by atoms with Crippen LogP contribution in [0.5, 0.6) is 0 Å². The zero-order valence-corrected chi connectivity index (χ0v) is 12.0. The summed E-state index contributed by atoms with van der Waals surface area (Å²) in [6.45, 7) is 1.92. The molecule has 3 nitrogen and oxygen atoms in total. The summed E-state index contributed by atoms with van der Waals surface area (Å²) in [6, 6.07) is 5.33. The Morgan fingerprint density at radius 1 is 1.53 bits per heavy atom. The Bertz CT molecular complexity index is 568. The highest BCUT2D eigenvalue weighted by Gasteiger charge is 2.15. The second-order valence-corrected chi connectivity index (χ2v) is 6.28. The smallest absolute Gasteiger partial charge is 0.338 e. The molecule has 17 heavy (non-hydrogen) atoms. The fraction of sp³-hybridized carbons (Fsp3) is 0.0909. The second-order valence-electron chi connectivity index (χ2n) is 3.27. The first kappa shape index (κ1) is 12.6. The van der Waals surface area contributed by atoms with Crippen molar-refractivity contribution >= 4 is 45.0 Å². The van der Waals surface area contributed by atoms with Crippen LogP contribution in [-0.2, 0) is 0 Å². The highest BCUT2D eigenvalue weighted by Crippen LogP contribution is 2.35. The van der Waals surface area contributed by atoms with E-state index < -0.39 is 5.97 Å². The summed E-state index contributed by atoms with van der Waals surface area (Å²) in [4.78, 5) is 16.2. The Kier molecular flexibility index (Phi) is 3.86. The molecule has 6 heteroatoms. The first-order valence-electron chi connectivity index (χ1n) is 4.69. The minimum absolute atomic E-state index is 0.283. The number of rotatable bonds is 3.